The van der Waals surface area contributed by atoms with Gasteiger partial charge in [-0.1, -0.05) is 80.9 Å². The van der Waals surface area contributed by atoms with E-state index >= 15 is 0 Å². The van der Waals surface area contributed by atoms with E-state index in [1.165, 1.54) is 6.42 Å². The van der Waals surface area contributed by atoms with Gasteiger partial charge >= 0.3 is 0 Å². The summed E-state index contributed by atoms with van der Waals surface area (Å²) in [5.41, 5.74) is 11.7. The summed E-state index contributed by atoms with van der Waals surface area (Å²) >= 11 is 0. The Morgan fingerprint density at radius 2 is 1.60 bits per heavy atom. The fourth-order valence-electron chi connectivity index (χ4n) is 4.42. The zero-order valence-electron chi connectivity index (χ0n) is 25.1. The number of aryl methyl sites for hydroxylation is 2. The summed E-state index contributed by atoms with van der Waals surface area (Å²) in [4.78, 5) is 35.2. The summed E-state index contributed by atoms with van der Waals surface area (Å²) < 4.78 is 4.83. The fraction of sp³-hybridized carbons (Fsp3) is 0.286. The second kappa shape index (κ2) is 18.0. The third-order valence-electron chi connectivity index (χ3n) is 6.37. The van der Waals surface area contributed by atoms with Crippen LogP contribution in [-0.2, 0) is 22.6 Å². The van der Waals surface area contributed by atoms with Crippen molar-refractivity contribution >= 4 is 24.3 Å². The van der Waals surface area contributed by atoms with E-state index in [4.69, 9.17) is 14.9 Å². The Labute approximate surface area is 249 Å². The van der Waals surface area contributed by atoms with Gasteiger partial charge in [-0.25, -0.2) is 0 Å². The number of amides is 2. The quantitative estimate of drug-likeness (QED) is 0.277. The van der Waals surface area contributed by atoms with Crippen LogP contribution < -0.4 is 16.0 Å². The lowest BCUT2D eigenvalue weighted by molar-refractivity contribution is -0.120. The normalized spacial score (nSPS) is 13.5. The number of anilines is 1. The molecule has 0 fully saturated rings. The van der Waals surface area contributed by atoms with Gasteiger partial charge in [0, 0.05) is 17.8 Å². The van der Waals surface area contributed by atoms with Gasteiger partial charge in [0.15, 0.2) is 0 Å². The molecular formula is C35H43N3O4. The van der Waals surface area contributed by atoms with E-state index in [-0.39, 0.29) is 11.8 Å². The molecule has 0 bridgehead atoms. The lowest BCUT2D eigenvalue weighted by Gasteiger charge is -2.25. The SMILES string of the molecule is C=O.CCC.CCNC(=O)c1ccccc1-c1ccc(CN2C(=O)[C@H](N)CCc3ccccc32)cc1.Cc1ccco1. The molecule has 0 saturated heterocycles. The predicted molar refractivity (Wildman–Crippen MR) is 170 cm³/mol. The molecule has 2 amide bonds. The standard InChI is InChI=1S/C26H27N3O2.C5H6O.C3H8.CH2O/c1-2-28-25(30)22-9-5-4-8-21(22)19-13-11-18(12-14-19)17-29-24-10-6-3-7-20(24)15-16-23(27)26(29)31;1-5-3-2-4-6-5;1-3-2;1-2/h3-14,23H,2,15-17,27H2,1H3,(H,28,30);2-4H,1H3;3H2,1-2H3;1H2/t23-;;;/m1.../s1. The molecular weight excluding hydrogens is 526 g/mol. The first-order valence-corrected chi connectivity index (χ1v) is 14.3. The molecule has 3 aromatic carbocycles. The summed E-state index contributed by atoms with van der Waals surface area (Å²) in [7, 11) is 0. The first-order chi connectivity index (χ1) is 20.4. The molecule has 1 aliphatic rings. The molecule has 7 nitrogen and oxygen atoms in total. The molecule has 5 rings (SSSR count). The molecule has 0 aliphatic carbocycles. The lowest BCUT2D eigenvalue weighted by atomic mass is 9.98. The fourth-order valence-corrected chi connectivity index (χ4v) is 4.42. The number of fused-ring (bicyclic) bond motifs is 1. The summed E-state index contributed by atoms with van der Waals surface area (Å²) in [6, 6.07) is 26.9. The van der Waals surface area contributed by atoms with E-state index in [0.717, 1.165) is 40.1 Å². The monoisotopic (exact) mass is 569 g/mol. The Kier molecular flexibility index (Phi) is 14.5. The zero-order valence-corrected chi connectivity index (χ0v) is 25.1. The Balaban J connectivity index is 0.000000478. The highest BCUT2D eigenvalue weighted by atomic mass is 16.3. The minimum absolute atomic E-state index is 0.0457. The third-order valence-corrected chi connectivity index (χ3v) is 6.37. The number of rotatable bonds is 5. The maximum atomic E-state index is 12.9. The van der Waals surface area contributed by atoms with Crippen LogP contribution in [0.15, 0.2) is 95.6 Å². The van der Waals surface area contributed by atoms with Crippen molar-refractivity contribution in [3.63, 3.8) is 0 Å². The molecule has 3 N–H and O–H groups in total. The molecule has 1 aromatic heterocycles. The van der Waals surface area contributed by atoms with Gasteiger partial charge in [-0.15, -0.1) is 0 Å². The molecule has 1 aliphatic heterocycles. The number of nitrogens with zero attached hydrogens (tertiary/aromatic N) is 1. The van der Waals surface area contributed by atoms with Crippen LogP contribution in [0.5, 0.6) is 0 Å². The largest absolute Gasteiger partial charge is 0.470 e. The Hall–Kier alpha value is -4.49. The number of hydrogen-bond acceptors (Lipinski definition) is 5. The number of hydrogen-bond donors (Lipinski definition) is 2. The molecule has 1 atom stereocenters. The van der Waals surface area contributed by atoms with Crippen LogP contribution in [0.25, 0.3) is 11.1 Å². The van der Waals surface area contributed by atoms with E-state index in [0.29, 0.717) is 25.1 Å². The van der Waals surface area contributed by atoms with Crippen LogP contribution in [0.4, 0.5) is 5.69 Å². The zero-order chi connectivity index (χ0) is 30.9. The topological polar surface area (TPSA) is 106 Å². The van der Waals surface area contributed by atoms with Gasteiger partial charge in [-0.3, -0.25) is 9.59 Å². The second-order valence-corrected chi connectivity index (χ2v) is 9.73. The van der Waals surface area contributed by atoms with Crippen molar-refractivity contribution in [1.82, 2.24) is 5.32 Å². The predicted octanol–water partition coefficient (Wildman–Crippen LogP) is 6.73. The summed E-state index contributed by atoms with van der Waals surface area (Å²) in [6.07, 6.45) is 4.37. The summed E-state index contributed by atoms with van der Waals surface area (Å²) in [5, 5.41) is 2.87. The Morgan fingerprint density at radius 1 is 0.952 bits per heavy atom. The van der Waals surface area contributed by atoms with E-state index in [2.05, 4.69) is 25.2 Å². The first kappa shape index (κ1) is 33.7. The highest BCUT2D eigenvalue weighted by Crippen LogP contribution is 2.29. The molecule has 7 heteroatoms. The average Bonchev–Trinajstić information content (AvgIpc) is 3.47. The van der Waals surface area contributed by atoms with Crippen molar-refractivity contribution < 1.29 is 18.8 Å². The number of carbonyl (C=O) groups excluding carboxylic acids is 3. The highest BCUT2D eigenvalue weighted by Gasteiger charge is 2.27. The van der Waals surface area contributed by atoms with Crippen LogP contribution in [0.3, 0.4) is 0 Å². The number of furan rings is 1. The Morgan fingerprint density at radius 3 is 2.19 bits per heavy atom. The number of para-hydroxylation sites is 1. The van der Waals surface area contributed by atoms with Crippen LogP contribution in [0, 0.1) is 6.92 Å². The molecule has 42 heavy (non-hydrogen) atoms. The van der Waals surface area contributed by atoms with Gasteiger partial charge in [0.1, 0.15) is 12.5 Å². The summed E-state index contributed by atoms with van der Waals surface area (Å²) in [5.74, 6) is 0.841. The molecule has 0 saturated carbocycles. The van der Waals surface area contributed by atoms with Crippen LogP contribution >= 0.6 is 0 Å². The van der Waals surface area contributed by atoms with E-state index in [1.54, 1.807) is 11.2 Å². The number of benzene rings is 3. The van der Waals surface area contributed by atoms with Gasteiger partial charge in [0.05, 0.1) is 18.8 Å². The van der Waals surface area contributed by atoms with Crippen molar-refractivity contribution in [1.29, 1.82) is 0 Å². The van der Waals surface area contributed by atoms with Crippen LogP contribution in [-0.4, -0.2) is 31.2 Å². The minimum Gasteiger partial charge on any atom is -0.470 e. The first-order valence-electron chi connectivity index (χ1n) is 14.3. The molecule has 2 heterocycles. The molecule has 0 unspecified atom stereocenters. The number of nitrogens with two attached hydrogens (primary N) is 1. The smallest absolute Gasteiger partial charge is 0.251 e. The second-order valence-electron chi connectivity index (χ2n) is 9.73. The molecule has 0 radical (unpaired) electrons. The van der Waals surface area contributed by atoms with E-state index in [1.807, 2.05) is 99.5 Å². The van der Waals surface area contributed by atoms with E-state index < -0.39 is 6.04 Å². The number of nitrogens with one attached hydrogen (secondary N) is 1. The van der Waals surface area contributed by atoms with Gasteiger partial charge in [0.25, 0.3) is 5.91 Å². The van der Waals surface area contributed by atoms with Gasteiger partial charge < -0.3 is 25.2 Å². The number of carbonyl (C=O) groups is 3. The van der Waals surface area contributed by atoms with Gasteiger partial charge in [-0.2, -0.15) is 0 Å². The van der Waals surface area contributed by atoms with Crippen molar-refractivity contribution in [2.24, 2.45) is 5.73 Å². The Bertz CT molecular complexity index is 1370. The van der Waals surface area contributed by atoms with Crippen molar-refractivity contribution in [3.05, 3.63) is 114 Å². The minimum atomic E-state index is -0.490. The van der Waals surface area contributed by atoms with Crippen LogP contribution in [0.2, 0.25) is 0 Å². The van der Waals surface area contributed by atoms with Gasteiger partial charge in [-0.05, 0) is 73.2 Å². The highest BCUT2D eigenvalue weighted by molar-refractivity contribution is 6.01. The van der Waals surface area contributed by atoms with Crippen molar-refractivity contribution in [2.75, 3.05) is 11.4 Å². The average molecular weight is 570 g/mol. The van der Waals surface area contributed by atoms with Crippen molar-refractivity contribution in [2.45, 2.75) is 59.5 Å². The van der Waals surface area contributed by atoms with Gasteiger partial charge in [0.2, 0.25) is 5.91 Å². The van der Waals surface area contributed by atoms with Crippen molar-refractivity contribution in [3.8, 4) is 11.1 Å². The van der Waals surface area contributed by atoms with E-state index in [9.17, 15) is 9.59 Å². The molecule has 4 aromatic rings. The lowest BCUT2D eigenvalue weighted by Crippen LogP contribution is -2.42. The maximum Gasteiger partial charge on any atom is 0.251 e. The molecule has 0 spiro atoms. The molecule has 222 valence electrons. The maximum absolute atomic E-state index is 12.9. The van der Waals surface area contributed by atoms with Crippen LogP contribution in [0.1, 0.15) is 60.9 Å². The third kappa shape index (κ3) is 9.56. The summed E-state index contributed by atoms with van der Waals surface area (Å²) in [6.45, 7) is 11.1.